The maximum absolute atomic E-state index is 12.1. The summed E-state index contributed by atoms with van der Waals surface area (Å²) in [6.07, 6.45) is 4.89. The molecular formula is C16H26N4O2. The molecule has 1 N–H and O–H groups in total. The summed E-state index contributed by atoms with van der Waals surface area (Å²) in [5.41, 5.74) is 0.554. The first kappa shape index (κ1) is 16.7. The number of amides is 1. The van der Waals surface area contributed by atoms with Crippen LogP contribution in [0.5, 0.6) is 0 Å². The van der Waals surface area contributed by atoms with Gasteiger partial charge in [0.05, 0.1) is 5.69 Å². The molecule has 1 saturated heterocycles. The number of nitrogens with zero attached hydrogens (tertiary/aromatic N) is 3. The Hall–Kier alpha value is -1.69. The van der Waals surface area contributed by atoms with Crippen LogP contribution in [0.25, 0.3) is 0 Å². The van der Waals surface area contributed by atoms with E-state index in [1.165, 1.54) is 0 Å². The van der Waals surface area contributed by atoms with Crippen molar-refractivity contribution in [3.8, 4) is 0 Å². The van der Waals surface area contributed by atoms with E-state index in [0.717, 1.165) is 18.5 Å². The topological polar surface area (TPSA) is 67.4 Å². The highest BCUT2D eigenvalue weighted by Crippen LogP contribution is 2.23. The number of hydrogen-bond donors (Lipinski definition) is 1. The zero-order valence-electron chi connectivity index (χ0n) is 13.9. The zero-order chi connectivity index (χ0) is 16.2. The van der Waals surface area contributed by atoms with E-state index in [-0.39, 0.29) is 11.6 Å². The van der Waals surface area contributed by atoms with Gasteiger partial charge in [-0.25, -0.2) is 14.8 Å². The molecule has 0 atom stereocenters. The Morgan fingerprint density at radius 2 is 2.09 bits per heavy atom. The Morgan fingerprint density at radius 1 is 1.41 bits per heavy atom. The zero-order valence-corrected chi connectivity index (χ0v) is 13.9. The van der Waals surface area contributed by atoms with Crippen LogP contribution in [0, 0.1) is 0 Å². The van der Waals surface area contributed by atoms with Crippen LogP contribution >= 0.6 is 0 Å². The number of rotatable bonds is 3. The van der Waals surface area contributed by atoms with E-state index in [1.807, 2.05) is 26.8 Å². The molecule has 1 aromatic rings. The third kappa shape index (κ3) is 4.94. The first-order valence-corrected chi connectivity index (χ1v) is 7.75. The van der Waals surface area contributed by atoms with Crippen molar-refractivity contribution in [1.29, 1.82) is 0 Å². The minimum absolute atomic E-state index is 0.0173. The third-order valence-corrected chi connectivity index (χ3v) is 3.86. The van der Waals surface area contributed by atoms with Crippen molar-refractivity contribution in [1.82, 2.24) is 20.2 Å². The van der Waals surface area contributed by atoms with E-state index in [1.54, 1.807) is 17.4 Å². The van der Waals surface area contributed by atoms with E-state index in [0.29, 0.717) is 19.6 Å². The monoisotopic (exact) mass is 306 g/mol. The lowest BCUT2D eigenvalue weighted by Gasteiger charge is -2.40. The number of hydrogen-bond acceptors (Lipinski definition) is 5. The van der Waals surface area contributed by atoms with Gasteiger partial charge in [-0.1, -0.05) is 0 Å². The fourth-order valence-electron chi connectivity index (χ4n) is 2.41. The van der Waals surface area contributed by atoms with E-state index >= 15 is 0 Å². The van der Waals surface area contributed by atoms with Gasteiger partial charge in [-0.15, -0.1) is 0 Å². The van der Waals surface area contributed by atoms with Gasteiger partial charge in [-0.2, -0.15) is 0 Å². The minimum atomic E-state index is -0.441. The molecule has 6 nitrogen and oxygen atoms in total. The molecule has 0 radical (unpaired) electrons. The quantitative estimate of drug-likeness (QED) is 0.928. The van der Waals surface area contributed by atoms with Gasteiger partial charge in [0.1, 0.15) is 11.9 Å². The Balaban J connectivity index is 1.81. The molecule has 2 heterocycles. The number of nitrogens with one attached hydrogen (secondary N) is 1. The molecule has 0 aliphatic carbocycles. The van der Waals surface area contributed by atoms with Crippen molar-refractivity contribution < 1.29 is 9.53 Å². The van der Waals surface area contributed by atoms with Crippen LogP contribution in [-0.4, -0.2) is 45.2 Å². The molecule has 22 heavy (non-hydrogen) atoms. The second-order valence-corrected chi connectivity index (χ2v) is 7.08. The van der Waals surface area contributed by atoms with Gasteiger partial charge >= 0.3 is 6.09 Å². The summed E-state index contributed by atoms with van der Waals surface area (Å²) in [7, 11) is 0. The van der Waals surface area contributed by atoms with Crippen LogP contribution in [0.2, 0.25) is 0 Å². The van der Waals surface area contributed by atoms with Crippen molar-refractivity contribution in [2.45, 2.75) is 58.2 Å². The Labute approximate surface area is 132 Å². The largest absolute Gasteiger partial charge is 0.444 e. The maximum atomic E-state index is 12.1. The molecule has 0 saturated carbocycles. The summed E-state index contributed by atoms with van der Waals surface area (Å²) in [5, 5.41) is 3.55. The van der Waals surface area contributed by atoms with E-state index in [9.17, 15) is 4.79 Å². The molecular weight excluding hydrogens is 280 g/mol. The Morgan fingerprint density at radius 3 is 2.64 bits per heavy atom. The van der Waals surface area contributed by atoms with Crippen LogP contribution in [-0.2, 0) is 11.3 Å². The number of ether oxygens (including phenoxy) is 1. The number of carbonyl (C=O) groups is 1. The van der Waals surface area contributed by atoms with E-state index in [2.05, 4.69) is 22.2 Å². The van der Waals surface area contributed by atoms with Gasteiger partial charge in [-0.3, -0.25) is 0 Å². The predicted molar refractivity (Wildman–Crippen MR) is 84.3 cm³/mol. The fraction of sp³-hybridized carbons (Fsp3) is 0.688. The second-order valence-electron chi connectivity index (χ2n) is 7.08. The van der Waals surface area contributed by atoms with Crippen LogP contribution in [0.4, 0.5) is 4.79 Å². The minimum Gasteiger partial charge on any atom is -0.444 e. The van der Waals surface area contributed by atoms with Crippen LogP contribution in [0.15, 0.2) is 18.6 Å². The smallest absolute Gasteiger partial charge is 0.410 e. The highest BCUT2D eigenvalue weighted by atomic mass is 16.6. The van der Waals surface area contributed by atoms with E-state index in [4.69, 9.17) is 4.74 Å². The van der Waals surface area contributed by atoms with Crippen LogP contribution in [0.1, 0.15) is 46.2 Å². The lowest BCUT2D eigenvalue weighted by atomic mass is 9.89. The van der Waals surface area contributed by atoms with Gasteiger partial charge in [0, 0.05) is 31.4 Å². The van der Waals surface area contributed by atoms with Crippen molar-refractivity contribution in [2.24, 2.45) is 0 Å². The molecule has 122 valence electrons. The molecule has 6 heteroatoms. The lowest BCUT2D eigenvalue weighted by Crippen LogP contribution is -2.53. The van der Waals surface area contributed by atoms with Crippen LogP contribution < -0.4 is 5.32 Å². The molecule has 1 amide bonds. The molecule has 1 aliphatic heterocycles. The van der Waals surface area contributed by atoms with Crippen molar-refractivity contribution >= 4 is 6.09 Å². The Kier molecular flexibility index (Phi) is 5.01. The molecule has 0 aromatic carbocycles. The van der Waals surface area contributed by atoms with Crippen molar-refractivity contribution in [3.63, 3.8) is 0 Å². The normalized spacial score (nSPS) is 18.1. The summed E-state index contributed by atoms with van der Waals surface area (Å²) in [4.78, 5) is 22.0. The molecule has 0 spiro atoms. The van der Waals surface area contributed by atoms with Gasteiger partial charge in [0.2, 0.25) is 0 Å². The summed E-state index contributed by atoms with van der Waals surface area (Å²) in [6, 6.07) is 1.91. The number of likely N-dealkylation sites (tertiary alicyclic amines) is 1. The SMILES string of the molecule is CC1(NCc2ccncn2)CCN(C(=O)OC(C)(C)C)CC1. The van der Waals surface area contributed by atoms with Crippen LogP contribution in [0.3, 0.4) is 0 Å². The van der Waals surface area contributed by atoms with E-state index < -0.39 is 5.60 Å². The summed E-state index contributed by atoms with van der Waals surface area (Å²) < 4.78 is 5.42. The molecule has 0 bridgehead atoms. The molecule has 1 aromatic heterocycles. The predicted octanol–water partition coefficient (Wildman–Crippen LogP) is 2.36. The summed E-state index contributed by atoms with van der Waals surface area (Å²) in [6.45, 7) is 10.0. The van der Waals surface area contributed by atoms with Gasteiger partial charge < -0.3 is 15.0 Å². The number of carbonyl (C=O) groups excluding carboxylic acids is 1. The highest BCUT2D eigenvalue weighted by Gasteiger charge is 2.33. The average molecular weight is 306 g/mol. The van der Waals surface area contributed by atoms with Crippen molar-refractivity contribution in [3.05, 3.63) is 24.3 Å². The maximum Gasteiger partial charge on any atom is 0.410 e. The lowest BCUT2D eigenvalue weighted by molar-refractivity contribution is 0.0156. The Bertz CT molecular complexity index is 491. The average Bonchev–Trinajstić information content (AvgIpc) is 2.45. The molecule has 1 fully saturated rings. The van der Waals surface area contributed by atoms with Crippen molar-refractivity contribution in [2.75, 3.05) is 13.1 Å². The third-order valence-electron chi connectivity index (χ3n) is 3.86. The van der Waals surface area contributed by atoms with Gasteiger partial charge in [0.15, 0.2) is 0 Å². The summed E-state index contributed by atoms with van der Waals surface area (Å²) in [5.74, 6) is 0. The van der Waals surface area contributed by atoms with Gasteiger partial charge in [-0.05, 0) is 46.6 Å². The highest BCUT2D eigenvalue weighted by molar-refractivity contribution is 5.68. The van der Waals surface area contributed by atoms with Gasteiger partial charge in [0.25, 0.3) is 0 Å². The molecule has 1 aliphatic rings. The standard InChI is InChI=1S/C16H26N4O2/c1-15(2,3)22-14(21)20-9-6-16(4,7-10-20)19-11-13-5-8-17-12-18-13/h5,8,12,19H,6-7,9-11H2,1-4H3. The second kappa shape index (κ2) is 6.60. The molecule has 0 unspecified atom stereocenters. The fourth-order valence-corrected chi connectivity index (χ4v) is 2.41. The summed E-state index contributed by atoms with van der Waals surface area (Å²) >= 11 is 0. The first-order valence-electron chi connectivity index (χ1n) is 7.75. The first-order chi connectivity index (χ1) is 10.3. The number of piperidine rings is 1. The molecule has 2 rings (SSSR count). The number of aromatic nitrogens is 2.